The number of hydrogen-bond acceptors (Lipinski definition) is 3. The lowest BCUT2D eigenvalue weighted by atomic mass is 9.49. The molecule has 0 unspecified atom stereocenters. The number of carbonyl (C=O) groups is 2. The maximum absolute atomic E-state index is 12.9. The van der Waals surface area contributed by atoms with E-state index in [0.29, 0.717) is 17.8 Å². The van der Waals surface area contributed by atoms with Crippen LogP contribution in [0.1, 0.15) is 68.7 Å². The summed E-state index contributed by atoms with van der Waals surface area (Å²) in [5, 5.41) is 7.31. The van der Waals surface area contributed by atoms with Gasteiger partial charge >= 0.3 is 6.03 Å². The molecular formula is C20H29N5O2. The summed E-state index contributed by atoms with van der Waals surface area (Å²) in [6.07, 6.45) is 11.6. The number of aromatic nitrogens is 2. The first-order valence-electron chi connectivity index (χ1n) is 10.4. The van der Waals surface area contributed by atoms with Gasteiger partial charge in [0.15, 0.2) is 0 Å². The van der Waals surface area contributed by atoms with Gasteiger partial charge in [0, 0.05) is 18.3 Å². The molecule has 1 atom stereocenters. The van der Waals surface area contributed by atoms with Crippen LogP contribution in [0.3, 0.4) is 0 Å². The molecule has 27 heavy (non-hydrogen) atoms. The van der Waals surface area contributed by atoms with Crippen molar-refractivity contribution < 1.29 is 9.59 Å². The van der Waals surface area contributed by atoms with Gasteiger partial charge in [-0.25, -0.2) is 10.2 Å². The van der Waals surface area contributed by atoms with Gasteiger partial charge in [-0.2, -0.15) is 5.10 Å². The molecule has 146 valence electrons. The fourth-order valence-electron chi connectivity index (χ4n) is 6.69. The Morgan fingerprint density at radius 2 is 1.78 bits per heavy atom. The predicted molar refractivity (Wildman–Crippen MR) is 99.3 cm³/mol. The number of hydrogen-bond donors (Lipinski definition) is 3. The van der Waals surface area contributed by atoms with E-state index in [1.165, 1.54) is 25.0 Å². The molecule has 0 spiro atoms. The van der Waals surface area contributed by atoms with Gasteiger partial charge in [0.2, 0.25) is 5.91 Å². The van der Waals surface area contributed by atoms with Crippen LogP contribution in [0.25, 0.3) is 0 Å². The summed E-state index contributed by atoms with van der Waals surface area (Å²) in [7, 11) is 1.94. The predicted octanol–water partition coefficient (Wildman–Crippen LogP) is 2.34. The van der Waals surface area contributed by atoms with Crippen LogP contribution in [-0.2, 0) is 18.3 Å². The summed E-state index contributed by atoms with van der Waals surface area (Å²) < 4.78 is 1.88. The topological polar surface area (TPSA) is 88.1 Å². The van der Waals surface area contributed by atoms with Gasteiger partial charge in [-0.15, -0.1) is 0 Å². The minimum atomic E-state index is -0.338. The quantitative estimate of drug-likeness (QED) is 0.697. The molecule has 6 rings (SSSR count). The van der Waals surface area contributed by atoms with Crippen LogP contribution >= 0.6 is 0 Å². The van der Waals surface area contributed by atoms with Crippen LogP contribution in [0.5, 0.6) is 0 Å². The number of amides is 3. The van der Waals surface area contributed by atoms with Crippen molar-refractivity contribution in [3.8, 4) is 0 Å². The number of nitrogens with one attached hydrogen (secondary N) is 3. The maximum Gasteiger partial charge on any atom is 0.333 e. The first-order valence-corrected chi connectivity index (χ1v) is 10.4. The fraction of sp³-hybridized carbons (Fsp3) is 0.750. The third kappa shape index (κ3) is 2.91. The smallest absolute Gasteiger partial charge is 0.330 e. The monoisotopic (exact) mass is 371 g/mol. The lowest BCUT2D eigenvalue weighted by molar-refractivity contribution is -0.147. The van der Waals surface area contributed by atoms with Crippen LogP contribution < -0.4 is 16.2 Å². The summed E-state index contributed by atoms with van der Waals surface area (Å²) in [5.41, 5.74) is 7.38. The van der Waals surface area contributed by atoms with Crippen molar-refractivity contribution in [1.29, 1.82) is 0 Å². The van der Waals surface area contributed by atoms with Crippen molar-refractivity contribution in [2.24, 2.45) is 30.2 Å². The van der Waals surface area contributed by atoms with Gasteiger partial charge < -0.3 is 5.32 Å². The lowest BCUT2D eigenvalue weighted by Crippen LogP contribution is -2.58. The molecule has 0 saturated heterocycles. The van der Waals surface area contributed by atoms with E-state index in [0.717, 1.165) is 44.1 Å². The molecule has 3 amide bonds. The molecule has 5 aliphatic carbocycles. The molecule has 4 fully saturated rings. The fourth-order valence-corrected chi connectivity index (χ4v) is 6.69. The number of rotatable bonds is 2. The number of carbonyl (C=O) groups excluding carboxylic acids is 2. The zero-order valence-electron chi connectivity index (χ0n) is 16.0. The summed E-state index contributed by atoms with van der Waals surface area (Å²) in [5.74, 6) is 2.15. The van der Waals surface area contributed by atoms with Gasteiger partial charge in [-0.3, -0.25) is 14.9 Å². The Morgan fingerprint density at radius 1 is 1.11 bits per heavy atom. The molecule has 0 aliphatic heterocycles. The second-order valence-electron chi connectivity index (χ2n) is 9.37. The van der Waals surface area contributed by atoms with E-state index in [9.17, 15) is 9.59 Å². The van der Waals surface area contributed by atoms with Crippen LogP contribution in [0.15, 0.2) is 6.20 Å². The third-order valence-corrected chi connectivity index (χ3v) is 7.49. The van der Waals surface area contributed by atoms with Gasteiger partial charge in [0.25, 0.3) is 0 Å². The van der Waals surface area contributed by atoms with Gasteiger partial charge in [0.05, 0.1) is 17.7 Å². The highest BCUT2D eigenvalue weighted by atomic mass is 16.2. The van der Waals surface area contributed by atoms with E-state index in [1.54, 1.807) is 0 Å². The van der Waals surface area contributed by atoms with Crippen LogP contribution in [0.2, 0.25) is 0 Å². The molecule has 5 aliphatic rings. The summed E-state index contributed by atoms with van der Waals surface area (Å²) >= 11 is 0. The molecular weight excluding hydrogens is 342 g/mol. The number of urea groups is 1. The number of fused-ring (bicyclic) bond motifs is 1. The van der Waals surface area contributed by atoms with Gasteiger partial charge in [-0.1, -0.05) is 0 Å². The minimum Gasteiger partial charge on any atom is -0.330 e. The second kappa shape index (κ2) is 6.24. The number of nitrogens with zero attached hydrogens (tertiary/aromatic N) is 2. The summed E-state index contributed by atoms with van der Waals surface area (Å²) in [4.78, 5) is 25.3. The molecule has 0 aromatic carbocycles. The van der Waals surface area contributed by atoms with E-state index in [-0.39, 0.29) is 23.4 Å². The van der Waals surface area contributed by atoms with Crippen molar-refractivity contribution in [3.63, 3.8) is 0 Å². The molecule has 3 N–H and O–H groups in total. The molecule has 1 heterocycles. The summed E-state index contributed by atoms with van der Waals surface area (Å²) in [6, 6.07) is -0.381. The Bertz CT molecular complexity index is 735. The second-order valence-corrected chi connectivity index (χ2v) is 9.37. The average molecular weight is 371 g/mol. The van der Waals surface area contributed by atoms with Crippen molar-refractivity contribution in [1.82, 2.24) is 25.9 Å². The van der Waals surface area contributed by atoms with Crippen molar-refractivity contribution in [2.45, 2.75) is 63.8 Å². The Balaban J connectivity index is 1.19. The van der Waals surface area contributed by atoms with Crippen molar-refractivity contribution in [2.75, 3.05) is 0 Å². The average Bonchev–Trinajstić information content (AvgIpc) is 3.01. The van der Waals surface area contributed by atoms with E-state index >= 15 is 0 Å². The number of aryl methyl sites for hydroxylation is 1. The highest BCUT2D eigenvalue weighted by molar-refractivity contribution is 5.86. The Hall–Kier alpha value is -2.05. The molecule has 0 radical (unpaired) electrons. The molecule has 7 heteroatoms. The largest absolute Gasteiger partial charge is 0.333 e. The molecule has 4 saturated carbocycles. The third-order valence-electron chi connectivity index (χ3n) is 7.49. The van der Waals surface area contributed by atoms with Crippen LogP contribution in [0.4, 0.5) is 4.79 Å². The lowest BCUT2D eigenvalue weighted by Gasteiger charge is -2.55. The Kier molecular flexibility index (Phi) is 3.95. The van der Waals surface area contributed by atoms with E-state index in [1.807, 2.05) is 17.9 Å². The maximum atomic E-state index is 12.9. The molecule has 1 aromatic heterocycles. The highest BCUT2D eigenvalue weighted by Crippen LogP contribution is 2.60. The Morgan fingerprint density at radius 3 is 2.44 bits per heavy atom. The first-order chi connectivity index (χ1) is 13.0. The zero-order chi connectivity index (χ0) is 18.6. The van der Waals surface area contributed by atoms with Crippen LogP contribution in [-0.4, -0.2) is 21.7 Å². The van der Waals surface area contributed by atoms with E-state index < -0.39 is 0 Å². The highest BCUT2D eigenvalue weighted by Gasteiger charge is 2.54. The molecule has 1 aromatic rings. The van der Waals surface area contributed by atoms with E-state index in [4.69, 9.17) is 0 Å². The van der Waals surface area contributed by atoms with E-state index in [2.05, 4.69) is 21.3 Å². The van der Waals surface area contributed by atoms with Crippen molar-refractivity contribution >= 4 is 11.9 Å². The SMILES string of the molecule is Cn1ncc2c1CCC[C@@H]2NC(=O)NNC(=O)C12CC3CC(CC(C3)C1)C2. The molecule has 7 nitrogen and oxygen atoms in total. The van der Waals surface area contributed by atoms with Crippen LogP contribution in [0, 0.1) is 23.2 Å². The Labute approximate surface area is 159 Å². The zero-order valence-corrected chi connectivity index (χ0v) is 16.0. The van der Waals surface area contributed by atoms with Crippen molar-refractivity contribution in [3.05, 3.63) is 17.5 Å². The van der Waals surface area contributed by atoms with Gasteiger partial charge in [-0.05, 0) is 75.5 Å². The standard InChI is InChI=1S/C20H29N5O2/c1-25-17-4-2-3-16(15(17)11-21-25)22-19(27)24-23-18(26)20-8-12-5-13(9-20)7-14(6-12)10-20/h11-14,16H,2-10H2,1H3,(H,23,26)(H2,22,24,27)/t12?,13?,14?,16-,20?/m0/s1. The minimum absolute atomic E-state index is 0.0162. The summed E-state index contributed by atoms with van der Waals surface area (Å²) in [6.45, 7) is 0. The first kappa shape index (κ1) is 17.1. The normalized spacial score (nSPS) is 36.2. The van der Waals surface area contributed by atoms with Gasteiger partial charge in [0.1, 0.15) is 0 Å². The number of hydrazine groups is 1. The molecule has 4 bridgehead atoms.